The lowest BCUT2D eigenvalue weighted by atomic mass is 10.1. The number of halogens is 2. The first-order chi connectivity index (χ1) is 14.5. The molecule has 1 N–H and O–H groups in total. The van der Waals surface area contributed by atoms with Crippen LogP contribution in [0.3, 0.4) is 0 Å². The van der Waals surface area contributed by atoms with E-state index in [1.165, 1.54) is 12.1 Å². The van der Waals surface area contributed by atoms with Crippen LogP contribution in [0.1, 0.15) is 19.3 Å². The number of likely N-dealkylation sites (tertiary alicyclic amines) is 1. The van der Waals surface area contributed by atoms with Crippen LogP contribution in [-0.4, -0.2) is 49.0 Å². The van der Waals surface area contributed by atoms with Crippen LogP contribution in [0.15, 0.2) is 42.5 Å². The summed E-state index contributed by atoms with van der Waals surface area (Å²) in [6, 6.07) is 11.2. The van der Waals surface area contributed by atoms with Crippen molar-refractivity contribution >= 4 is 34.8 Å². The summed E-state index contributed by atoms with van der Waals surface area (Å²) in [5, 5.41) is 2.84. The Morgan fingerprint density at radius 3 is 2.67 bits per heavy atom. The van der Waals surface area contributed by atoms with Crippen molar-refractivity contribution in [2.75, 3.05) is 36.4 Å². The number of hydrogen-bond donors (Lipinski definition) is 1. The number of nitrogens with zero attached hydrogens (tertiary/aromatic N) is 2. The number of amides is 2. The number of piperidine rings is 1. The number of anilines is 2. The smallest absolute Gasteiger partial charge is 0.265 e. The third-order valence-electron chi connectivity index (χ3n) is 5.34. The molecule has 0 radical (unpaired) electrons. The number of fused-ring (bicyclic) bond motifs is 1. The molecule has 1 saturated heterocycles. The van der Waals surface area contributed by atoms with Gasteiger partial charge in [0.15, 0.2) is 6.10 Å². The Bertz CT molecular complexity index is 949. The van der Waals surface area contributed by atoms with Crippen LogP contribution in [0.25, 0.3) is 0 Å². The predicted molar refractivity (Wildman–Crippen MR) is 114 cm³/mol. The Balaban J connectivity index is 1.49. The summed E-state index contributed by atoms with van der Waals surface area (Å²) >= 11 is 6.01. The summed E-state index contributed by atoms with van der Waals surface area (Å²) in [6.45, 7) is 1.77. The minimum absolute atomic E-state index is 0.0118. The van der Waals surface area contributed by atoms with Gasteiger partial charge in [-0.15, -0.1) is 0 Å². The largest absolute Gasteiger partial charge is 0.477 e. The lowest BCUT2D eigenvalue weighted by molar-refractivity contribution is -0.139. The molecular formula is C22H23ClFN3O3. The first kappa shape index (κ1) is 20.5. The normalized spacial score (nSPS) is 18.4. The van der Waals surface area contributed by atoms with Crippen molar-refractivity contribution in [1.29, 1.82) is 0 Å². The fourth-order valence-corrected chi connectivity index (χ4v) is 4.07. The molecule has 6 nitrogen and oxygen atoms in total. The van der Waals surface area contributed by atoms with E-state index in [0.29, 0.717) is 11.4 Å². The van der Waals surface area contributed by atoms with Crippen LogP contribution in [0, 0.1) is 5.82 Å². The van der Waals surface area contributed by atoms with Gasteiger partial charge < -0.3 is 19.9 Å². The highest BCUT2D eigenvalue weighted by Gasteiger charge is 2.34. The third-order valence-corrected chi connectivity index (χ3v) is 5.66. The van der Waals surface area contributed by atoms with E-state index in [9.17, 15) is 14.0 Å². The highest BCUT2D eigenvalue weighted by Crippen LogP contribution is 2.33. The van der Waals surface area contributed by atoms with E-state index in [2.05, 4.69) is 5.32 Å². The fourth-order valence-electron chi connectivity index (χ4n) is 3.86. The summed E-state index contributed by atoms with van der Waals surface area (Å²) in [4.78, 5) is 29.3. The van der Waals surface area contributed by atoms with Crippen LogP contribution in [0.5, 0.6) is 5.75 Å². The lowest BCUT2D eigenvalue weighted by Crippen LogP contribution is -2.52. The average Bonchev–Trinajstić information content (AvgIpc) is 2.75. The van der Waals surface area contributed by atoms with E-state index in [1.54, 1.807) is 6.07 Å². The van der Waals surface area contributed by atoms with Gasteiger partial charge in [-0.05, 0) is 49.6 Å². The summed E-state index contributed by atoms with van der Waals surface area (Å²) < 4.78 is 19.2. The van der Waals surface area contributed by atoms with Crippen LogP contribution < -0.4 is 15.0 Å². The van der Waals surface area contributed by atoms with Gasteiger partial charge >= 0.3 is 0 Å². The van der Waals surface area contributed by atoms with E-state index in [0.717, 1.165) is 44.1 Å². The Kier molecular flexibility index (Phi) is 6.08. The molecule has 4 rings (SSSR count). The van der Waals surface area contributed by atoms with Gasteiger partial charge in [-0.1, -0.05) is 23.7 Å². The summed E-state index contributed by atoms with van der Waals surface area (Å²) in [5.41, 5.74) is 1.09. The number of ether oxygens (including phenoxy) is 1. The minimum Gasteiger partial charge on any atom is -0.477 e. The Hall–Kier alpha value is -2.80. The predicted octanol–water partition coefficient (Wildman–Crippen LogP) is 3.70. The highest BCUT2D eigenvalue weighted by atomic mass is 35.5. The molecule has 0 spiro atoms. The van der Waals surface area contributed by atoms with Gasteiger partial charge in [-0.2, -0.15) is 0 Å². The summed E-state index contributed by atoms with van der Waals surface area (Å²) in [7, 11) is 0. The van der Waals surface area contributed by atoms with Gasteiger partial charge in [-0.25, -0.2) is 4.39 Å². The molecule has 2 aromatic carbocycles. The number of nitrogens with one attached hydrogen (secondary N) is 1. The maximum Gasteiger partial charge on any atom is 0.265 e. The first-order valence-electron chi connectivity index (χ1n) is 10.1. The number of benzene rings is 2. The minimum atomic E-state index is -0.666. The maximum absolute atomic E-state index is 13.2. The number of para-hydroxylation sites is 2. The second kappa shape index (κ2) is 8.92. The molecule has 2 aliphatic heterocycles. The van der Waals surface area contributed by atoms with Gasteiger partial charge in [0, 0.05) is 13.1 Å². The van der Waals surface area contributed by atoms with E-state index in [-0.39, 0.29) is 29.9 Å². The molecular weight excluding hydrogens is 409 g/mol. The zero-order chi connectivity index (χ0) is 21.1. The van der Waals surface area contributed by atoms with E-state index >= 15 is 0 Å². The second-order valence-corrected chi connectivity index (χ2v) is 7.92. The molecule has 0 aliphatic carbocycles. The van der Waals surface area contributed by atoms with E-state index in [4.69, 9.17) is 16.3 Å². The van der Waals surface area contributed by atoms with Gasteiger partial charge in [0.1, 0.15) is 11.6 Å². The number of rotatable bonds is 4. The van der Waals surface area contributed by atoms with Gasteiger partial charge in [0.2, 0.25) is 5.91 Å². The van der Waals surface area contributed by atoms with Gasteiger partial charge in [0.05, 0.1) is 29.5 Å². The quantitative estimate of drug-likeness (QED) is 0.801. The van der Waals surface area contributed by atoms with Gasteiger partial charge in [-0.3, -0.25) is 9.59 Å². The SMILES string of the molecule is O=C(CN1C[C@@H](C(=O)N2CCCCC2)Oc2ccccc21)Nc1ccc(F)cc1Cl. The monoisotopic (exact) mass is 431 g/mol. The summed E-state index contributed by atoms with van der Waals surface area (Å²) in [6.07, 6.45) is 2.47. The third kappa shape index (κ3) is 4.51. The molecule has 2 amide bonds. The number of carbonyl (C=O) groups is 2. The van der Waals surface area contributed by atoms with Crippen molar-refractivity contribution in [3.8, 4) is 5.75 Å². The molecule has 30 heavy (non-hydrogen) atoms. The average molecular weight is 432 g/mol. The molecule has 0 bridgehead atoms. The molecule has 2 aromatic rings. The van der Waals surface area contributed by atoms with Crippen molar-refractivity contribution in [2.45, 2.75) is 25.4 Å². The van der Waals surface area contributed by atoms with Crippen LogP contribution >= 0.6 is 11.6 Å². The Morgan fingerprint density at radius 2 is 1.90 bits per heavy atom. The highest BCUT2D eigenvalue weighted by molar-refractivity contribution is 6.33. The molecule has 158 valence electrons. The van der Waals surface area contributed by atoms with Crippen molar-refractivity contribution in [3.63, 3.8) is 0 Å². The first-order valence-corrected chi connectivity index (χ1v) is 10.4. The standard InChI is InChI=1S/C22H23ClFN3O3/c23-16-12-15(24)8-9-17(16)25-21(28)14-27-13-20(22(29)26-10-4-1-5-11-26)30-19-7-3-2-6-18(19)27/h2-3,6-9,12,20H,1,4-5,10-11,13-14H2,(H,25,28)/t20-/m0/s1. The van der Waals surface area contributed by atoms with E-state index in [1.807, 2.05) is 28.0 Å². The van der Waals surface area contributed by atoms with Crippen molar-refractivity contribution in [2.24, 2.45) is 0 Å². The molecule has 1 fully saturated rings. The molecule has 0 aromatic heterocycles. The fraction of sp³-hybridized carbons (Fsp3) is 0.364. The molecule has 1 atom stereocenters. The summed E-state index contributed by atoms with van der Waals surface area (Å²) in [5.74, 6) is -0.258. The zero-order valence-corrected chi connectivity index (χ0v) is 17.2. The molecule has 0 saturated carbocycles. The van der Waals surface area contributed by atoms with Crippen molar-refractivity contribution in [3.05, 3.63) is 53.3 Å². The molecule has 2 aliphatic rings. The van der Waals surface area contributed by atoms with Crippen LogP contribution in [0.2, 0.25) is 5.02 Å². The lowest BCUT2D eigenvalue weighted by Gasteiger charge is -2.38. The van der Waals surface area contributed by atoms with Crippen molar-refractivity contribution < 1.29 is 18.7 Å². The Morgan fingerprint density at radius 1 is 1.13 bits per heavy atom. The molecule has 8 heteroatoms. The second-order valence-electron chi connectivity index (χ2n) is 7.51. The van der Waals surface area contributed by atoms with Gasteiger partial charge in [0.25, 0.3) is 5.91 Å². The molecule has 2 heterocycles. The van der Waals surface area contributed by atoms with Crippen molar-refractivity contribution in [1.82, 2.24) is 4.90 Å². The van der Waals surface area contributed by atoms with Crippen LogP contribution in [-0.2, 0) is 9.59 Å². The van der Waals surface area contributed by atoms with Crippen LogP contribution in [0.4, 0.5) is 15.8 Å². The maximum atomic E-state index is 13.2. The number of hydrogen-bond acceptors (Lipinski definition) is 4. The zero-order valence-electron chi connectivity index (χ0n) is 16.4. The molecule has 0 unspecified atom stereocenters. The van der Waals surface area contributed by atoms with E-state index < -0.39 is 11.9 Å². The topological polar surface area (TPSA) is 61.9 Å². The Labute approximate surface area is 179 Å². The number of carbonyl (C=O) groups excluding carboxylic acids is 2.